The van der Waals surface area contributed by atoms with Crippen molar-refractivity contribution in [1.82, 2.24) is 14.5 Å². The number of aryl methyl sites for hydroxylation is 1. The Bertz CT molecular complexity index is 601. The third kappa shape index (κ3) is 2.10. The molecule has 1 fully saturated rings. The average Bonchev–Trinajstić information content (AvgIpc) is 2.68. The molecular weight excluding hydrogens is 236 g/mol. The molecule has 0 spiro atoms. The van der Waals surface area contributed by atoms with Crippen molar-refractivity contribution < 1.29 is 0 Å². The van der Waals surface area contributed by atoms with E-state index in [9.17, 15) is 0 Å². The Balaban J connectivity index is 2.04. The fraction of sp³-hybridized carbons (Fsp3) is 0.533. The highest BCUT2D eigenvalue weighted by Gasteiger charge is 2.26. The molecule has 0 amide bonds. The lowest BCUT2D eigenvalue weighted by Gasteiger charge is -2.36. The molecule has 2 atom stereocenters. The summed E-state index contributed by atoms with van der Waals surface area (Å²) in [5.41, 5.74) is 9.60. The topological polar surface area (TPSA) is 47.1 Å². The van der Waals surface area contributed by atoms with Crippen molar-refractivity contribution in [2.24, 2.45) is 0 Å². The molecule has 1 aliphatic heterocycles. The van der Waals surface area contributed by atoms with Crippen molar-refractivity contribution in [2.75, 3.05) is 19.3 Å². The summed E-state index contributed by atoms with van der Waals surface area (Å²) in [5.74, 6) is 0.655. The summed E-state index contributed by atoms with van der Waals surface area (Å²) in [5, 5.41) is 0. The lowest BCUT2D eigenvalue weighted by atomic mass is 9.98. The Morgan fingerprint density at radius 3 is 2.89 bits per heavy atom. The number of anilines is 1. The molecule has 0 saturated carbocycles. The number of benzene rings is 1. The van der Waals surface area contributed by atoms with Gasteiger partial charge < -0.3 is 15.2 Å². The van der Waals surface area contributed by atoms with Gasteiger partial charge in [0, 0.05) is 18.6 Å². The SMILES string of the molecule is Cc1ccc2nc(N)n(C3CCN(C)C(C)C3)c2c1. The number of aromatic nitrogens is 2. The lowest BCUT2D eigenvalue weighted by molar-refractivity contribution is 0.159. The quantitative estimate of drug-likeness (QED) is 0.855. The molecule has 3 rings (SSSR count). The van der Waals surface area contributed by atoms with Crippen molar-refractivity contribution in [3.8, 4) is 0 Å². The van der Waals surface area contributed by atoms with Crippen LogP contribution in [0.1, 0.15) is 31.4 Å². The molecule has 1 saturated heterocycles. The van der Waals surface area contributed by atoms with Crippen LogP contribution in [0.5, 0.6) is 0 Å². The number of nitrogen functional groups attached to an aromatic ring is 1. The van der Waals surface area contributed by atoms with Gasteiger partial charge in [0.2, 0.25) is 5.95 Å². The first-order valence-corrected chi connectivity index (χ1v) is 7.00. The van der Waals surface area contributed by atoms with Crippen molar-refractivity contribution >= 4 is 17.0 Å². The second kappa shape index (κ2) is 4.53. The van der Waals surface area contributed by atoms with Crippen LogP contribution in [0.3, 0.4) is 0 Å². The highest BCUT2D eigenvalue weighted by Crippen LogP contribution is 2.32. The first kappa shape index (κ1) is 12.5. The molecule has 2 unspecified atom stereocenters. The highest BCUT2D eigenvalue weighted by atomic mass is 15.2. The fourth-order valence-corrected chi connectivity index (χ4v) is 3.10. The van der Waals surface area contributed by atoms with E-state index in [-0.39, 0.29) is 0 Å². The van der Waals surface area contributed by atoms with E-state index < -0.39 is 0 Å². The van der Waals surface area contributed by atoms with Crippen LogP contribution in [0, 0.1) is 6.92 Å². The highest BCUT2D eigenvalue weighted by molar-refractivity contribution is 5.79. The molecule has 19 heavy (non-hydrogen) atoms. The molecule has 1 aromatic carbocycles. The number of piperidine rings is 1. The van der Waals surface area contributed by atoms with Gasteiger partial charge in [-0.05, 0) is 51.4 Å². The third-order valence-corrected chi connectivity index (χ3v) is 4.42. The summed E-state index contributed by atoms with van der Waals surface area (Å²) in [6, 6.07) is 7.42. The maximum absolute atomic E-state index is 6.15. The summed E-state index contributed by atoms with van der Waals surface area (Å²) < 4.78 is 2.24. The minimum absolute atomic E-state index is 0.470. The molecule has 0 bridgehead atoms. The Labute approximate surface area is 114 Å². The second-order valence-corrected chi connectivity index (χ2v) is 5.84. The number of rotatable bonds is 1. The Hall–Kier alpha value is -1.55. The number of likely N-dealkylation sites (tertiary alicyclic amines) is 1. The predicted octanol–water partition coefficient (Wildman–Crippen LogP) is 2.58. The smallest absolute Gasteiger partial charge is 0.201 e. The number of hydrogen-bond donors (Lipinski definition) is 1. The van der Waals surface area contributed by atoms with Crippen molar-refractivity contribution in [3.63, 3.8) is 0 Å². The summed E-state index contributed by atoms with van der Waals surface area (Å²) in [7, 11) is 2.19. The molecule has 4 heteroatoms. The zero-order valence-corrected chi connectivity index (χ0v) is 11.9. The van der Waals surface area contributed by atoms with E-state index in [1.807, 2.05) is 0 Å². The summed E-state index contributed by atoms with van der Waals surface area (Å²) >= 11 is 0. The van der Waals surface area contributed by atoms with Gasteiger partial charge in [-0.15, -0.1) is 0 Å². The Morgan fingerprint density at radius 1 is 1.37 bits per heavy atom. The van der Waals surface area contributed by atoms with Gasteiger partial charge in [0.1, 0.15) is 0 Å². The van der Waals surface area contributed by atoms with Gasteiger partial charge in [-0.25, -0.2) is 4.98 Å². The first-order chi connectivity index (χ1) is 9.06. The van der Waals surface area contributed by atoms with Crippen LogP contribution in [0.2, 0.25) is 0 Å². The van der Waals surface area contributed by atoms with Crippen LogP contribution >= 0.6 is 0 Å². The number of imidazole rings is 1. The minimum Gasteiger partial charge on any atom is -0.369 e. The van der Waals surface area contributed by atoms with E-state index in [1.165, 1.54) is 11.1 Å². The van der Waals surface area contributed by atoms with Gasteiger partial charge in [0.05, 0.1) is 11.0 Å². The average molecular weight is 258 g/mol. The summed E-state index contributed by atoms with van der Waals surface area (Å²) in [4.78, 5) is 6.91. The van der Waals surface area contributed by atoms with Gasteiger partial charge in [-0.2, -0.15) is 0 Å². The van der Waals surface area contributed by atoms with Crippen molar-refractivity contribution in [1.29, 1.82) is 0 Å². The molecule has 2 aromatic rings. The molecule has 1 aliphatic rings. The van der Waals surface area contributed by atoms with E-state index >= 15 is 0 Å². The molecule has 102 valence electrons. The minimum atomic E-state index is 0.470. The predicted molar refractivity (Wildman–Crippen MR) is 79.2 cm³/mol. The number of nitrogens with two attached hydrogens (primary N) is 1. The van der Waals surface area contributed by atoms with E-state index in [4.69, 9.17) is 5.73 Å². The number of nitrogens with zero attached hydrogens (tertiary/aromatic N) is 3. The first-order valence-electron chi connectivity index (χ1n) is 7.00. The molecule has 0 aliphatic carbocycles. The van der Waals surface area contributed by atoms with Gasteiger partial charge in [-0.1, -0.05) is 6.07 Å². The van der Waals surface area contributed by atoms with Crippen LogP contribution in [0.4, 0.5) is 5.95 Å². The standard InChI is InChI=1S/C15H22N4/c1-10-4-5-13-14(8-10)19(15(16)17-13)12-6-7-18(3)11(2)9-12/h4-5,8,11-12H,6-7,9H2,1-3H3,(H2,16,17). The number of hydrogen-bond acceptors (Lipinski definition) is 3. The molecule has 2 heterocycles. The van der Waals surface area contributed by atoms with Crippen LogP contribution in [0.15, 0.2) is 18.2 Å². The fourth-order valence-electron chi connectivity index (χ4n) is 3.10. The molecular formula is C15H22N4. The maximum atomic E-state index is 6.15. The van der Waals surface area contributed by atoms with E-state index in [0.29, 0.717) is 18.0 Å². The van der Waals surface area contributed by atoms with Crippen molar-refractivity contribution in [3.05, 3.63) is 23.8 Å². The van der Waals surface area contributed by atoms with Gasteiger partial charge in [0.25, 0.3) is 0 Å². The van der Waals surface area contributed by atoms with E-state index in [1.54, 1.807) is 0 Å². The Morgan fingerprint density at radius 2 is 2.16 bits per heavy atom. The van der Waals surface area contributed by atoms with Crippen LogP contribution in [0.25, 0.3) is 11.0 Å². The van der Waals surface area contributed by atoms with Gasteiger partial charge in [0.15, 0.2) is 0 Å². The second-order valence-electron chi connectivity index (χ2n) is 5.84. The normalized spacial score (nSPS) is 25.0. The van der Waals surface area contributed by atoms with Crippen molar-refractivity contribution in [2.45, 2.75) is 38.8 Å². The molecule has 0 radical (unpaired) electrons. The summed E-state index contributed by atoms with van der Waals surface area (Å²) in [6.07, 6.45) is 2.28. The number of fused-ring (bicyclic) bond motifs is 1. The van der Waals surface area contributed by atoms with Crippen LogP contribution in [-0.4, -0.2) is 34.1 Å². The zero-order chi connectivity index (χ0) is 13.6. The van der Waals surface area contributed by atoms with Crippen LogP contribution < -0.4 is 5.73 Å². The summed E-state index contributed by atoms with van der Waals surface area (Å²) in [6.45, 7) is 5.52. The molecule has 2 N–H and O–H groups in total. The zero-order valence-electron chi connectivity index (χ0n) is 11.9. The van der Waals surface area contributed by atoms with Gasteiger partial charge >= 0.3 is 0 Å². The lowest BCUT2D eigenvalue weighted by Crippen LogP contribution is -2.38. The van der Waals surface area contributed by atoms with Gasteiger partial charge in [-0.3, -0.25) is 0 Å². The van der Waals surface area contributed by atoms with E-state index in [2.05, 4.69) is 53.5 Å². The Kier molecular flexibility index (Phi) is 2.97. The third-order valence-electron chi connectivity index (χ3n) is 4.42. The van der Waals surface area contributed by atoms with E-state index in [0.717, 1.165) is 24.9 Å². The monoisotopic (exact) mass is 258 g/mol. The largest absolute Gasteiger partial charge is 0.369 e. The maximum Gasteiger partial charge on any atom is 0.201 e. The van der Waals surface area contributed by atoms with Crippen LogP contribution in [-0.2, 0) is 0 Å². The molecule has 1 aromatic heterocycles. The molecule has 4 nitrogen and oxygen atoms in total.